The van der Waals surface area contributed by atoms with Crippen LogP contribution >= 0.6 is 0 Å². The van der Waals surface area contributed by atoms with E-state index in [9.17, 15) is 18.0 Å². The van der Waals surface area contributed by atoms with E-state index >= 15 is 0 Å². The van der Waals surface area contributed by atoms with Crippen molar-refractivity contribution < 1.29 is 27.5 Å². The van der Waals surface area contributed by atoms with Gasteiger partial charge in [-0.3, -0.25) is 4.79 Å². The maximum absolute atomic E-state index is 12.9. The predicted molar refractivity (Wildman–Crippen MR) is 108 cm³/mol. The molecule has 158 valence electrons. The number of ketones is 1. The van der Waals surface area contributed by atoms with Gasteiger partial charge in [0, 0.05) is 17.8 Å². The fourth-order valence-corrected chi connectivity index (χ4v) is 4.48. The molecule has 0 saturated heterocycles. The zero-order valence-corrected chi connectivity index (χ0v) is 18.1. The molecule has 0 aliphatic carbocycles. The Hall–Kier alpha value is -2.65. The molecule has 1 aromatic carbocycles. The summed E-state index contributed by atoms with van der Waals surface area (Å²) in [6.07, 6.45) is 0. The van der Waals surface area contributed by atoms with Crippen molar-refractivity contribution in [3.8, 4) is 5.75 Å². The summed E-state index contributed by atoms with van der Waals surface area (Å²) in [5, 5.41) is 0. The van der Waals surface area contributed by atoms with Crippen LogP contribution in [0.4, 0.5) is 0 Å². The van der Waals surface area contributed by atoms with E-state index in [1.165, 1.54) is 19.2 Å². The minimum absolute atomic E-state index is 0.0719. The number of Topliss-reactive ketones (excluding diaryl/α,β-unsaturated/α-hetero) is 1. The summed E-state index contributed by atoms with van der Waals surface area (Å²) < 4.78 is 37.0. The topological polar surface area (TPSA) is 106 Å². The number of likely N-dealkylation sites (N-methyl/N-ethyl adjacent to an activating group) is 1. The summed E-state index contributed by atoms with van der Waals surface area (Å²) >= 11 is 0. The first-order chi connectivity index (χ1) is 13.7. The van der Waals surface area contributed by atoms with Crippen molar-refractivity contribution in [2.45, 2.75) is 32.6 Å². The number of ether oxygens (including phenoxy) is 2. The van der Waals surface area contributed by atoms with E-state index in [1.807, 2.05) is 0 Å². The van der Waals surface area contributed by atoms with E-state index in [0.717, 1.165) is 4.31 Å². The Morgan fingerprint density at radius 2 is 1.72 bits per heavy atom. The van der Waals surface area contributed by atoms with Crippen LogP contribution in [0.25, 0.3) is 0 Å². The van der Waals surface area contributed by atoms with E-state index in [4.69, 9.17) is 9.47 Å². The summed E-state index contributed by atoms with van der Waals surface area (Å²) in [5.74, 6) is -0.413. The number of carbonyl (C=O) groups is 2. The highest BCUT2D eigenvalue weighted by atomic mass is 32.2. The lowest BCUT2D eigenvalue weighted by atomic mass is 10.1. The molecule has 0 fully saturated rings. The van der Waals surface area contributed by atoms with Gasteiger partial charge in [-0.05, 0) is 50.6 Å². The number of nitrogens with one attached hydrogen (secondary N) is 1. The van der Waals surface area contributed by atoms with Crippen LogP contribution in [0, 0.1) is 13.8 Å². The van der Waals surface area contributed by atoms with Crippen LogP contribution in [0.15, 0.2) is 29.2 Å². The number of esters is 1. The summed E-state index contributed by atoms with van der Waals surface area (Å²) in [4.78, 5) is 27.9. The lowest BCUT2D eigenvalue weighted by Gasteiger charge is -2.20. The summed E-state index contributed by atoms with van der Waals surface area (Å²) in [6.45, 7) is 6.64. The molecule has 2 aromatic rings. The van der Waals surface area contributed by atoms with Gasteiger partial charge in [0.25, 0.3) is 0 Å². The third-order valence-electron chi connectivity index (χ3n) is 4.57. The number of carbonyl (C=O) groups excluding carboxylic acids is 2. The molecule has 2 rings (SSSR count). The molecule has 0 saturated carbocycles. The van der Waals surface area contributed by atoms with Gasteiger partial charge in [0.2, 0.25) is 10.0 Å². The lowest BCUT2D eigenvalue weighted by Crippen LogP contribution is -2.35. The Balaban J connectivity index is 2.31. The maximum atomic E-state index is 12.9. The van der Waals surface area contributed by atoms with Gasteiger partial charge in [0.15, 0.2) is 5.78 Å². The van der Waals surface area contributed by atoms with Gasteiger partial charge in [-0.25, -0.2) is 13.2 Å². The van der Waals surface area contributed by atoms with Crippen molar-refractivity contribution >= 4 is 21.8 Å². The number of nitrogens with zero attached hydrogens (tertiary/aromatic N) is 1. The first-order valence-electron chi connectivity index (χ1n) is 9.21. The number of aryl methyl sites for hydroxylation is 1. The molecule has 29 heavy (non-hydrogen) atoms. The zero-order valence-electron chi connectivity index (χ0n) is 17.2. The van der Waals surface area contributed by atoms with Gasteiger partial charge in [0.1, 0.15) is 11.4 Å². The van der Waals surface area contributed by atoms with Crippen molar-refractivity contribution in [2.24, 2.45) is 0 Å². The van der Waals surface area contributed by atoms with Crippen molar-refractivity contribution in [3.63, 3.8) is 0 Å². The number of hydrogen-bond donors (Lipinski definition) is 1. The van der Waals surface area contributed by atoms with Gasteiger partial charge in [-0.2, -0.15) is 4.31 Å². The molecule has 0 aliphatic rings. The van der Waals surface area contributed by atoms with E-state index in [-0.39, 0.29) is 30.3 Å². The van der Waals surface area contributed by atoms with Crippen LogP contribution in [-0.4, -0.2) is 56.3 Å². The molecule has 8 nitrogen and oxygen atoms in total. The summed E-state index contributed by atoms with van der Waals surface area (Å²) in [6, 6.07) is 5.98. The fourth-order valence-electron chi connectivity index (χ4n) is 3.08. The van der Waals surface area contributed by atoms with E-state index in [0.29, 0.717) is 22.6 Å². The van der Waals surface area contributed by atoms with Crippen molar-refractivity contribution in [3.05, 3.63) is 46.8 Å². The van der Waals surface area contributed by atoms with E-state index in [2.05, 4.69) is 4.98 Å². The number of aromatic nitrogens is 1. The molecule has 1 N–H and O–H groups in total. The third-order valence-corrected chi connectivity index (χ3v) is 6.50. The molecule has 1 heterocycles. The SMILES string of the molecule is CCOC(=O)c1[nH]c(C)c(C(=O)CN(CC)S(=O)(=O)c2ccc(OC)cc2)c1C. The Morgan fingerprint density at radius 1 is 1.10 bits per heavy atom. The van der Waals surface area contributed by atoms with Gasteiger partial charge >= 0.3 is 5.97 Å². The van der Waals surface area contributed by atoms with Crippen molar-refractivity contribution in [1.82, 2.24) is 9.29 Å². The van der Waals surface area contributed by atoms with Crippen LogP contribution in [0.3, 0.4) is 0 Å². The van der Waals surface area contributed by atoms with Crippen LogP contribution in [0.1, 0.15) is 46.0 Å². The number of sulfonamides is 1. The van der Waals surface area contributed by atoms with Gasteiger partial charge in [-0.1, -0.05) is 6.92 Å². The molecule has 0 radical (unpaired) electrons. The minimum Gasteiger partial charge on any atom is -0.497 e. The normalized spacial score (nSPS) is 11.5. The molecule has 0 unspecified atom stereocenters. The van der Waals surface area contributed by atoms with Crippen LogP contribution < -0.4 is 4.74 Å². The molecule has 0 amide bonds. The number of benzene rings is 1. The second-order valence-electron chi connectivity index (χ2n) is 6.38. The monoisotopic (exact) mass is 422 g/mol. The van der Waals surface area contributed by atoms with Gasteiger partial charge in [-0.15, -0.1) is 0 Å². The third kappa shape index (κ3) is 4.68. The lowest BCUT2D eigenvalue weighted by molar-refractivity contribution is 0.0519. The quantitative estimate of drug-likeness (QED) is 0.492. The highest BCUT2D eigenvalue weighted by molar-refractivity contribution is 7.89. The molecular weight excluding hydrogens is 396 g/mol. The second-order valence-corrected chi connectivity index (χ2v) is 8.31. The molecule has 0 aliphatic heterocycles. The van der Waals surface area contributed by atoms with Gasteiger partial charge in [0.05, 0.1) is 25.2 Å². The van der Waals surface area contributed by atoms with Gasteiger partial charge < -0.3 is 14.5 Å². The average Bonchev–Trinajstić information content (AvgIpc) is 3.00. The van der Waals surface area contributed by atoms with E-state index < -0.39 is 21.8 Å². The molecule has 9 heteroatoms. The largest absolute Gasteiger partial charge is 0.497 e. The smallest absolute Gasteiger partial charge is 0.355 e. The number of H-pyrrole nitrogens is 1. The number of hydrogen-bond acceptors (Lipinski definition) is 6. The fraction of sp³-hybridized carbons (Fsp3) is 0.400. The predicted octanol–water partition coefficient (Wildman–Crippen LogP) is 2.71. The van der Waals surface area contributed by atoms with Crippen molar-refractivity contribution in [1.29, 1.82) is 0 Å². The van der Waals surface area contributed by atoms with Crippen LogP contribution in [0.2, 0.25) is 0 Å². The first kappa shape index (κ1) is 22.6. The Labute approximate surface area is 170 Å². The molecule has 0 atom stereocenters. The Kier molecular flexibility index (Phi) is 7.21. The average molecular weight is 423 g/mol. The minimum atomic E-state index is -3.87. The molecule has 0 bridgehead atoms. The number of methoxy groups -OCH3 is 1. The molecule has 1 aromatic heterocycles. The molecule has 0 spiro atoms. The highest BCUT2D eigenvalue weighted by Crippen LogP contribution is 2.23. The molecular formula is C20H26N2O6S. The van der Waals surface area contributed by atoms with Crippen LogP contribution in [-0.2, 0) is 14.8 Å². The first-order valence-corrected chi connectivity index (χ1v) is 10.6. The Morgan fingerprint density at radius 3 is 2.24 bits per heavy atom. The Bertz CT molecular complexity index is 993. The zero-order chi connectivity index (χ0) is 21.8. The number of rotatable bonds is 9. The summed E-state index contributed by atoms with van der Waals surface area (Å²) in [7, 11) is -2.38. The standard InChI is InChI=1S/C20H26N2O6S/c1-6-22(29(25,26)16-10-8-15(27-5)9-11-16)12-17(23)18-13(3)19(21-14(18)4)20(24)28-7-2/h8-11,21H,6-7,12H2,1-5H3. The number of aromatic amines is 1. The van der Waals surface area contributed by atoms with Crippen LogP contribution in [0.5, 0.6) is 5.75 Å². The van der Waals surface area contributed by atoms with E-state index in [1.54, 1.807) is 39.8 Å². The second kappa shape index (κ2) is 9.23. The highest BCUT2D eigenvalue weighted by Gasteiger charge is 2.29. The van der Waals surface area contributed by atoms with Crippen molar-refractivity contribution in [2.75, 3.05) is 26.8 Å². The maximum Gasteiger partial charge on any atom is 0.355 e. The summed E-state index contributed by atoms with van der Waals surface area (Å²) in [5.41, 5.74) is 1.45.